The second-order valence-electron chi connectivity index (χ2n) is 4.97. The zero-order chi connectivity index (χ0) is 11.3. The molecule has 0 amide bonds. The van der Waals surface area contributed by atoms with Gasteiger partial charge in [0.15, 0.2) is 0 Å². The fraction of sp³-hybridized carbons (Fsp3) is 1.00. The zero-order valence-corrected chi connectivity index (χ0v) is 10.8. The minimum absolute atomic E-state index is 0.0130. The maximum absolute atomic E-state index is 5.94. The van der Waals surface area contributed by atoms with Crippen molar-refractivity contribution in [3.8, 4) is 0 Å². The third-order valence-electron chi connectivity index (χ3n) is 4.06. The summed E-state index contributed by atoms with van der Waals surface area (Å²) in [7, 11) is 2.07. The fourth-order valence-electron chi connectivity index (χ4n) is 2.51. The first kappa shape index (κ1) is 13.0. The van der Waals surface area contributed by atoms with E-state index in [0.717, 1.165) is 18.9 Å². The highest BCUT2D eigenvalue weighted by Gasteiger charge is 2.34. The standard InChI is InChI=1S/C13H27NO/c1-5-13(3,15-6-2)12(14-4)10-11-8-7-9-11/h11-12,14H,5-10H2,1-4H3. The third kappa shape index (κ3) is 3.18. The number of rotatable bonds is 7. The monoisotopic (exact) mass is 213 g/mol. The Morgan fingerprint density at radius 1 is 1.40 bits per heavy atom. The predicted molar refractivity (Wildman–Crippen MR) is 65.1 cm³/mol. The van der Waals surface area contributed by atoms with Crippen LogP contribution in [0.3, 0.4) is 0 Å². The van der Waals surface area contributed by atoms with Crippen molar-refractivity contribution in [1.29, 1.82) is 0 Å². The second-order valence-corrected chi connectivity index (χ2v) is 4.97. The van der Waals surface area contributed by atoms with Crippen molar-refractivity contribution in [3.05, 3.63) is 0 Å². The first-order chi connectivity index (χ1) is 7.16. The van der Waals surface area contributed by atoms with Crippen molar-refractivity contribution in [2.75, 3.05) is 13.7 Å². The van der Waals surface area contributed by atoms with Gasteiger partial charge < -0.3 is 10.1 Å². The van der Waals surface area contributed by atoms with E-state index in [1.54, 1.807) is 0 Å². The summed E-state index contributed by atoms with van der Waals surface area (Å²) in [5.74, 6) is 0.939. The van der Waals surface area contributed by atoms with E-state index < -0.39 is 0 Å². The van der Waals surface area contributed by atoms with Crippen molar-refractivity contribution in [1.82, 2.24) is 5.32 Å². The van der Waals surface area contributed by atoms with Gasteiger partial charge in [0.2, 0.25) is 0 Å². The van der Waals surface area contributed by atoms with Crippen LogP contribution in [0, 0.1) is 5.92 Å². The molecule has 15 heavy (non-hydrogen) atoms. The summed E-state index contributed by atoms with van der Waals surface area (Å²) in [6, 6.07) is 0.507. The molecule has 2 heteroatoms. The van der Waals surface area contributed by atoms with Gasteiger partial charge in [0.25, 0.3) is 0 Å². The summed E-state index contributed by atoms with van der Waals surface area (Å²) in [6.45, 7) is 7.37. The van der Waals surface area contributed by atoms with Gasteiger partial charge in [-0.05, 0) is 39.7 Å². The van der Waals surface area contributed by atoms with Crippen LogP contribution in [0.25, 0.3) is 0 Å². The number of hydrogen-bond donors (Lipinski definition) is 1. The molecule has 0 aromatic heterocycles. The molecule has 0 aliphatic heterocycles. The Morgan fingerprint density at radius 2 is 2.07 bits per heavy atom. The summed E-state index contributed by atoms with van der Waals surface area (Å²) < 4.78 is 5.94. The van der Waals surface area contributed by atoms with Crippen LogP contribution in [0.2, 0.25) is 0 Å². The highest BCUT2D eigenvalue weighted by Crippen LogP contribution is 2.34. The van der Waals surface area contributed by atoms with Gasteiger partial charge in [0.1, 0.15) is 0 Å². The zero-order valence-electron chi connectivity index (χ0n) is 10.8. The van der Waals surface area contributed by atoms with Crippen LogP contribution in [0.4, 0.5) is 0 Å². The van der Waals surface area contributed by atoms with Crippen LogP contribution >= 0.6 is 0 Å². The second kappa shape index (κ2) is 5.86. The summed E-state index contributed by atoms with van der Waals surface area (Å²) >= 11 is 0. The molecule has 2 unspecified atom stereocenters. The molecule has 1 rings (SSSR count). The Bertz CT molecular complexity index is 179. The molecule has 1 aliphatic rings. The molecule has 0 aromatic rings. The molecular formula is C13H27NO. The van der Waals surface area contributed by atoms with Crippen molar-refractivity contribution < 1.29 is 4.74 Å². The Balaban J connectivity index is 2.51. The molecule has 0 spiro atoms. The number of nitrogens with one attached hydrogen (secondary N) is 1. The average Bonchev–Trinajstić information content (AvgIpc) is 2.16. The van der Waals surface area contributed by atoms with Crippen LogP contribution in [-0.4, -0.2) is 25.3 Å². The van der Waals surface area contributed by atoms with Crippen molar-refractivity contribution in [2.24, 2.45) is 5.92 Å². The van der Waals surface area contributed by atoms with Crippen LogP contribution in [0.15, 0.2) is 0 Å². The van der Waals surface area contributed by atoms with Gasteiger partial charge in [0, 0.05) is 12.6 Å². The molecule has 0 saturated heterocycles. The molecule has 0 heterocycles. The quantitative estimate of drug-likeness (QED) is 0.702. The third-order valence-corrected chi connectivity index (χ3v) is 4.06. The summed E-state index contributed by atoms with van der Waals surface area (Å²) in [4.78, 5) is 0. The van der Waals surface area contributed by atoms with Gasteiger partial charge in [0.05, 0.1) is 5.60 Å². The lowest BCUT2D eigenvalue weighted by Crippen LogP contribution is -2.50. The maximum atomic E-state index is 5.94. The van der Waals surface area contributed by atoms with Crippen molar-refractivity contribution in [2.45, 2.75) is 64.5 Å². The topological polar surface area (TPSA) is 21.3 Å². The molecular weight excluding hydrogens is 186 g/mol. The molecule has 2 nitrogen and oxygen atoms in total. The van der Waals surface area contributed by atoms with Crippen molar-refractivity contribution in [3.63, 3.8) is 0 Å². The van der Waals surface area contributed by atoms with E-state index in [9.17, 15) is 0 Å². The largest absolute Gasteiger partial charge is 0.374 e. The van der Waals surface area contributed by atoms with E-state index in [1.807, 2.05) is 0 Å². The smallest absolute Gasteiger partial charge is 0.0803 e. The molecule has 1 fully saturated rings. The normalized spacial score (nSPS) is 23.2. The number of hydrogen-bond acceptors (Lipinski definition) is 2. The highest BCUT2D eigenvalue weighted by atomic mass is 16.5. The Morgan fingerprint density at radius 3 is 2.40 bits per heavy atom. The molecule has 90 valence electrons. The molecule has 0 aromatic carbocycles. The Labute approximate surface area is 94.8 Å². The van der Waals surface area contributed by atoms with Gasteiger partial charge in [-0.1, -0.05) is 26.2 Å². The lowest BCUT2D eigenvalue weighted by atomic mass is 9.77. The van der Waals surface area contributed by atoms with Gasteiger partial charge >= 0.3 is 0 Å². The summed E-state index contributed by atoms with van der Waals surface area (Å²) in [6.07, 6.45) is 6.63. The summed E-state index contributed by atoms with van der Waals surface area (Å²) in [5, 5.41) is 3.45. The van der Waals surface area contributed by atoms with Crippen LogP contribution in [0.1, 0.15) is 52.9 Å². The number of ether oxygens (including phenoxy) is 1. The van der Waals surface area contributed by atoms with Crippen LogP contribution in [-0.2, 0) is 4.74 Å². The first-order valence-corrected chi connectivity index (χ1v) is 6.47. The molecule has 0 radical (unpaired) electrons. The van der Waals surface area contributed by atoms with E-state index in [-0.39, 0.29) is 5.60 Å². The van der Waals surface area contributed by atoms with Gasteiger partial charge in [-0.3, -0.25) is 0 Å². The first-order valence-electron chi connectivity index (χ1n) is 6.47. The molecule has 1 saturated carbocycles. The van der Waals surface area contributed by atoms with E-state index in [0.29, 0.717) is 6.04 Å². The lowest BCUT2D eigenvalue weighted by molar-refractivity contribution is -0.0609. The Kier molecular flexibility index (Phi) is 5.07. The predicted octanol–water partition coefficient (Wildman–Crippen LogP) is 2.97. The lowest BCUT2D eigenvalue weighted by Gasteiger charge is -2.40. The molecule has 0 bridgehead atoms. The Hall–Kier alpha value is -0.0800. The van der Waals surface area contributed by atoms with E-state index in [4.69, 9.17) is 4.74 Å². The molecule has 1 N–H and O–H groups in total. The van der Waals surface area contributed by atoms with Gasteiger partial charge in [-0.25, -0.2) is 0 Å². The minimum atomic E-state index is 0.0130. The maximum Gasteiger partial charge on any atom is 0.0803 e. The van der Waals surface area contributed by atoms with Crippen LogP contribution in [0.5, 0.6) is 0 Å². The molecule has 1 aliphatic carbocycles. The SMILES string of the molecule is CCOC(C)(CC)C(CC1CCC1)NC. The minimum Gasteiger partial charge on any atom is -0.374 e. The van der Waals surface area contributed by atoms with E-state index in [2.05, 4.69) is 33.1 Å². The number of likely N-dealkylation sites (N-methyl/N-ethyl adjacent to an activating group) is 1. The average molecular weight is 213 g/mol. The van der Waals surface area contributed by atoms with Crippen LogP contribution < -0.4 is 5.32 Å². The summed E-state index contributed by atoms with van der Waals surface area (Å²) in [5.41, 5.74) is 0.0130. The van der Waals surface area contributed by atoms with E-state index >= 15 is 0 Å². The van der Waals surface area contributed by atoms with Crippen molar-refractivity contribution >= 4 is 0 Å². The van der Waals surface area contributed by atoms with E-state index in [1.165, 1.54) is 25.7 Å². The van der Waals surface area contributed by atoms with Gasteiger partial charge in [-0.2, -0.15) is 0 Å². The fourth-order valence-corrected chi connectivity index (χ4v) is 2.51. The highest BCUT2D eigenvalue weighted by molar-refractivity contribution is 4.90. The molecule has 2 atom stereocenters. The van der Waals surface area contributed by atoms with Gasteiger partial charge in [-0.15, -0.1) is 0 Å².